The highest BCUT2D eigenvalue weighted by Gasteiger charge is 2.08. The molecule has 17 heavy (non-hydrogen) atoms. The molecule has 0 heterocycles. The van der Waals surface area contributed by atoms with Gasteiger partial charge in [0.2, 0.25) is 5.91 Å². The number of carbonyl (C=O) groups excluding carboxylic acids is 1. The number of hydrogen-bond donors (Lipinski definition) is 1. The van der Waals surface area contributed by atoms with Crippen LogP contribution in [0.4, 0.5) is 5.69 Å². The van der Waals surface area contributed by atoms with Crippen LogP contribution in [0.3, 0.4) is 0 Å². The van der Waals surface area contributed by atoms with Crippen LogP contribution in [-0.2, 0) is 11.2 Å². The second-order valence-corrected chi connectivity index (χ2v) is 3.41. The second kappa shape index (κ2) is 6.28. The van der Waals surface area contributed by atoms with Gasteiger partial charge in [-0.15, -0.1) is 12.3 Å². The summed E-state index contributed by atoms with van der Waals surface area (Å²) < 4.78 is 0. The minimum Gasteiger partial charge on any atom is -0.355 e. The first kappa shape index (κ1) is 12.7. The minimum absolute atomic E-state index is 0.0149. The van der Waals surface area contributed by atoms with E-state index in [1.165, 1.54) is 12.1 Å². The lowest BCUT2D eigenvalue weighted by molar-refractivity contribution is -0.384. The molecule has 0 radical (unpaired) electrons. The zero-order valence-corrected chi connectivity index (χ0v) is 9.18. The monoisotopic (exact) mass is 232 g/mol. The van der Waals surface area contributed by atoms with Crippen LogP contribution >= 0.6 is 0 Å². The summed E-state index contributed by atoms with van der Waals surface area (Å²) in [5.41, 5.74) is 0.594. The highest BCUT2D eigenvalue weighted by atomic mass is 16.6. The highest BCUT2D eigenvalue weighted by molar-refractivity contribution is 5.78. The van der Waals surface area contributed by atoms with Gasteiger partial charge in [0.1, 0.15) is 0 Å². The number of benzene rings is 1. The molecule has 1 N–H and O–H groups in total. The van der Waals surface area contributed by atoms with E-state index in [9.17, 15) is 14.9 Å². The maximum Gasteiger partial charge on any atom is 0.269 e. The zero-order chi connectivity index (χ0) is 12.7. The van der Waals surface area contributed by atoms with Gasteiger partial charge in [-0.1, -0.05) is 12.1 Å². The van der Waals surface area contributed by atoms with Crippen molar-refractivity contribution >= 4 is 11.6 Å². The molecule has 0 unspecified atom stereocenters. The third-order valence-corrected chi connectivity index (χ3v) is 2.08. The predicted octanol–water partition coefficient (Wildman–Crippen LogP) is 1.28. The summed E-state index contributed by atoms with van der Waals surface area (Å²) >= 11 is 0. The van der Waals surface area contributed by atoms with Gasteiger partial charge >= 0.3 is 0 Å². The maximum absolute atomic E-state index is 11.4. The van der Waals surface area contributed by atoms with Crippen LogP contribution in [0.5, 0.6) is 0 Å². The summed E-state index contributed by atoms with van der Waals surface area (Å²) in [6, 6.07) is 6.01. The lowest BCUT2D eigenvalue weighted by Crippen LogP contribution is -2.25. The van der Waals surface area contributed by atoms with Crippen LogP contribution in [0.15, 0.2) is 24.3 Å². The molecule has 0 aliphatic rings. The molecule has 0 atom stereocenters. The Labute approximate surface area is 99.0 Å². The van der Waals surface area contributed by atoms with E-state index < -0.39 is 4.92 Å². The third-order valence-electron chi connectivity index (χ3n) is 2.08. The van der Waals surface area contributed by atoms with Crippen molar-refractivity contribution in [3.05, 3.63) is 39.9 Å². The normalized spacial score (nSPS) is 9.35. The zero-order valence-electron chi connectivity index (χ0n) is 9.18. The highest BCUT2D eigenvalue weighted by Crippen LogP contribution is 2.13. The average molecular weight is 232 g/mol. The van der Waals surface area contributed by atoms with Gasteiger partial charge in [0, 0.05) is 25.1 Å². The standard InChI is InChI=1S/C12H12N2O3/c1-2-3-7-13-12(15)9-10-5-4-6-11(8-10)14(16)17/h1,4-6,8H,3,7,9H2,(H,13,15). The van der Waals surface area contributed by atoms with Crippen molar-refractivity contribution in [2.24, 2.45) is 0 Å². The SMILES string of the molecule is C#CCCNC(=O)Cc1cccc([N+](=O)[O-])c1. The van der Waals surface area contributed by atoms with Gasteiger partial charge in [0.05, 0.1) is 11.3 Å². The molecule has 1 rings (SSSR count). The Balaban J connectivity index is 2.57. The van der Waals surface area contributed by atoms with Crippen molar-refractivity contribution in [1.29, 1.82) is 0 Å². The van der Waals surface area contributed by atoms with Crippen LogP contribution in [0, 0.1) is 22.5 Å². The molecule has 0 saturated carbocycles. The van der Waals surface area contributed by atoms with Crippen molar-refractivity contribution < 1.29 is 9.72 Å². The fourth-order valence-electron chi connectivity index (χ4n) is 1.30. The second-order valence-electron chi connectivity index (χ2n) is 3.41. The molecule has 5 nitrogen and oxygen atoms in total. The Morgan fingerprint density at radius 3 is 2.94 bits per heavy atom. The van der Waals surface area contributed by atoms with Crippen molar-refractivity contribution in [1.82, 2.24) is 5.32 Å². The van der Waals surface area contributed by atoms with Crippen molar-refractivity contribution in [3.8, 4) is 12.3 Å². The van der Waals surface area contributed by atoms with E-state index in [4.69, 9.17) is 6.42 Å². The van der Waals surface area contributed by atoms with E-state index in [1.54, 1.807) is 12.1 Å². The Hall–Kier alpha value is -2.35. The smallest absolute Gasteiger partial charge is 0.269 e. The molecule has 1 amide bonds. The van der Waals surface area contributed by atoms with Gasteiger partial charge in [0.15, 0.2) is 0 Å². The molecule has 0 aromatic heterocycles. The Morgan fingerprint density at radius 2 is 2.29 bits per heavy atom. The first-order valence-corrected chi connectivity index (χ1v) is 5.07. The summed E-state index contributed by atoms with van der Waals surface area (Å²) in [5.74, 6) is 2.21. The molecular formula is C12H12N2O3. The van der Waals surface area contributed by atoms with Gasteiger partial charge in [-0.25, -0.2) is 0 Å². The molecule has 0 spiro atoms. The van der Waals surface area contributed by atoms with Crippen molar-refractivity contribution in [3.63, 3.8) is 0 Å². The number of nitro benzene ring substituents is 1. The summed E-state index contributed by atoms with van der Waals surface area (Å²) in [7, 11) is 0. The van der Waals surface area contributed by atoms with E-state index in [1.807, 2.05) is 0 Å². The molecule has 1 aromatic rings. The number of nitro groups is 1. The van der Waals surface area contributed by atoms with Gasteiger partial charge in [0.25, 0.3) is 5.69 Å². The van der Waals surface area contributed by atoms with E-state index in [-0.39, 0.29) is 18.0 Å². The van der Waals surface area contributed by atoms with E-state index in [0.717, 1.165) is 0 Å². The summed E-state index contributed by atoms with van der Waals surface area (Å²) in [4.78, 5) is 21.5. The largest absolute Gasteiger partial charge is 0.355 e. The van der Waals surface area contributed by atoms with Gasteiger partial charge < -0.3 is 5.32 Å². The van der Waals surface area contributed by atoms with Crippen LogP contribution < -0.4 is 5.32 Å². The lowest BCUT2D eigenvalue weighted by atomic mass is 10.1. The van der Waals surface area contributed by atoms with Gasteiger partial charge in [-0.05, 0) is 5.56 Å². The number of non-ortho nitro benzene ring substituents is 1. The number of carbonyl (C=O) groups is 1. The van der Waals surface area contributed by atoms with Crippen LogP contribution in [0.2, 0.25) is 0 Å². The fourth-order valence-corrected chi connectivity index (χ4v) is 1.30. The first-order valence-electron chi connectivity index (χ1n) is 5.07. The summed E-state index contributed by atoms with van der Waals surface area (Å²) in [6.07, 6.45) is 5.63. The molecule has 0 saturated heterocycles. The molecule has 0 aliphatic carbocycles. The van der Waals surface area contributed by atoms with Crippen LogP contribution in [0.1, 0.15) is 12.0 Å². The Bertz CT molecular complexity index is 463. The number of hydrogen-bond acceptors (Lipinski definition) is 3. The maximum atomic E-state index is 11.4. The Morgan fingerprint density at radius 1 is 1.53 bits per heavy atom. The van der Waals surface area contributed by atoms with Gasteiger partial charge in [-0.3, -0.25) is 14.9 Å². The minimum atomic E-state index is -0.486. The van der Waals surface area contributed by atoms with E-state index >= 15 is 0 Å². The number of amides is 1. The summed E-state index contributed by atoms with van der Waals surface area (Å²) in [5, 5.41) is 13.2. The Kier molecular flexibility index (Phi) is 4.70. The number of nitrogens with one attached hydrogen (secondary N) is 1. The fraction of sp³-hybridized carbons (Fsp3) is 0.250. The topological polar surface area (TPSA) is 72.2 Å². The van der Waals surface area contributed by atoms with Crippen LogP contribution in [0.25, 0.3) is 0 Å². The number of terminal acetylenes is 1. The number of nitrogens with zero attached hydrogens (tertiary/aromatic N) is 1. The van der Waals surface area contributed by atoms with Gasteiger partial charge in [-0.2, -0.15) is 0 Å². The molecule has 88 valence electrons. The van der Waals surface area contributed by atoms with Crippen molar-refractivity contribution in [2.75, 3.05) is 6.54 Å². The van der Waals surface area contributed by atoms with E-state index in [2.05, 4.69) is 11.2 Å². The third kappa shape index (κ3) is 4.34. The molecule has 5 heteroatoms. The molecule has 1 aromatic carbocycles. The van der Waals surface area contributed by atoms with Crippen molar-refractivity contribution in [2.45, 2.75) is 12.8 Å². The molecule has 0 aliphatic heterocycles. The first-order chi connectivity index (χ1) is 8.13. The molecule has 0 bridgehead atoms. The average Bonchev–Trinajstić information content (AvgIpc) is 2.29. The molecular weight excluding hydrogens is 220 g/mol. The summed E-state index contributed by atoms with van der Waals surface area (Å²) in [6.45, 7) is 0.421. The lowest BCUT2D eigenvalue weighted by Gasteiger charge is -2.03. The van der Waals surface area contributed by atoms with E-state index in [0.29, 0.717) is 18.5 Å². The quantitative estimate of drug-likeness (QED) is 0.359. The molecule has 0 fully saturated rings. The van der Waals surface area contributed by atoms with Crippen LogP contribution in [-0.4, -0.2) is 17.4 Å². The number of rotatable bonds is 5. The predicted molar refractivity (Wildman–Crippen MR) is 63.3 cm³/mol.